The second kappa shape index (κ2) is 6.62. The number of aromatic nitrogens is 1. The molecule has 7 heteroatoms. The maximum absolute atomic E-state index is 12.4. The number of likely N-dealkylation sites (tertiary alicyclic amines) is 1. The van der Waals surface area contributed by atoms with Crippen LogP contribution in [0.2, 0.25) is 0 Å². The molecule has 1 aliphatic heterocycles. The van der Waals surface area contributed by atoms with E-state index in [4.69, 9.17) is 0 Å². The highest BCUT2D eigenvalue weighted by Gasteiger charge is 2.25. The maximum atomic E-state index is 12.4. The topological polar surface area (TPSA) is 73.5 Å². The van der Waals surface area contributed by atoms with Crippen LogP contribution in [-0.2, 0) is 10.0 Å². The fourth-order valence-electron chi connectivity index (χ4n) is 2.42. The first kappa shape index (κ1) is 16.0. The van der Waals surface area contributed by atoms with E-state index < -0.39 is 10.0 Å². The van der Waals surface area contributed by atoms with Crippen LogP contribution in [0.25, 0.3) is 0 Å². The Morgan fingerprint density at radius 3 is 2.67 bits per heavy atom. The van der Waals surface area contributed by atoms with Crippen LogP contribution < -0.4 is 0 Å². The Morgan fingerprint density at radius 1 is 1.38 bits per heavy atom. The van der Waals surface area contributed by atoms with Gasteiger partial charge in [-0.25, -0.2) is 12.7 Å². The van der Waals surface area contributed by atoms with Gasteiger partial charge in [0, 0.05) is 32.9 Å². The molecule has 0 unspecified atom stereocenters. The number of amides is 1. The second-order valence-electron chi connectivity index (χ2n) is 5.43. The number of carbonyl (C=O) groups excluding carboxylic acids is 1. The Labute approximate surface area is 126 Å². The molecule has 6 nitrogen and oxygen atoms in total. The average Bonchev–Trinajstić information content (AvgIpc) is 3.14. The first-order valence-electron chi connectivity index (χ1n) is 7.41. The van der Waals surface area contributed by atoms with Gasteiger partial charge in [-0.2, -0.15) is 0 Å². The van der Waals surface area contributed by atoms with Gasteiger partial charge in [-0.1, -0.05) is 13.3 Å². The molecular formula is C14H23N3O3S. The third-order valence-electron chi connectivity index (χ3n) is 3.81. The summed E-state index contributed by atoms with van der Waals surface area (Å²) in [5.41, 5.74) is 0.347. The van der Waals surface area contributed by atoms with E-state index in [9.17, 15) is 13.2 Å². The number of H-pyrrole nitrogens is 1. The summed E-state index contributed by atoms with van der Waals surface area (Å²) in [6.07, 6.45) is 5.18. The molecule has 2 heterocycles. The van der Waals surface area contributed by atoms with Crippen LogP contribution >= 0.6 is 0 Å². The van der Waals surface area contributed by atoms with Crippen molar-refractivity contribution in [2.24, 2.45) is 0 Å². The van der Waals surface area contributed by atoms with Gasteiger partial charge in [-0.15, -0.1) is 0 Å². The van der Waals surface area contributed by atoms with Crippen molar-refractivity contribution in [1.82, 2.24) is 14.2 Å². The Kier molecular flexibility index (Phi) is 5.05. The predicted octanol–water partition coefficient (Wildman–Crippen LogP) is 1.67. The van der Waals surface area contributed by atoms with Gasteiger partial charge in [0.25, 0.3) is 5.91 Å². The van der Waals surface area contributed by atoms with Crippen molar-refractivity contribution in [3.8, 4) is 0 Å². The van der Waals surface area contributed by atoms with Crippen molar-refractivity contribution < 1.29 is 13.2 Å². The lowest BCUT2D eigenvalue weighted by atomic mass is 10.3. The average molecular weight is 313 g/mol. The van der Waals surface area contributed by atoms with Crippen molar-refractivity contribution in [1.29, 1.82) is 0 Å². The molecule has 1 fully saturated rings. The van der Waals surface area contributed by atoms with Gasteiger partial charge < -0.3 is 9.88 Å². The Hall–Kier alpha value is -1.34. The zero-order chi connectivity index (χ0) is 15.5. The quantitative estimate of drug-likeness (QED) is 0.868. The fraction of sp³-hybridized carbons (Fsp3) is 0.643. The molecule has 0 radical (unpaired) electrons. The Morgan fingerprint density at radius 2 is 2.05 bits per heavy atom. The normalized spacial score (nSPS) is 15.9. The summed E-state index contributed by atoms with van der Waals surface area (Å²) in [4.78, 5) is 16.9. The number of nitrogens with zero attached hydrogens (tertiary/aromatic N) is 2. The number of unbranched alkanes of at least 4 members (excludes halogenated alkanes) is 1. The van der Waals surface area contributed by atoms with Crippen molar-refractivity contribution in [2.75, 3.05) is 26.7 Å². The summed E-state index contributed by atoms with van der Waals surface area (Å²) < 4.78 is 26.1. The SMILES string of the molecule is CCCCN(C)S(=O)(=O)c1c[nH]c(C(=O)N2CCCC2)c1. The van der Waals surface area contributed by atoms with Crippen LogP contribution in [0.5, 0.6) is 0 Å². The minimum atomic E-state index is -3.52. The van der Waals surface area contributed by atoms with Gasteiger partial charge in [-0.3, -0.25) is 4.79 Å². The number of hydrogen-bond acceptors (Lipinski definition) is 3. The molecule has 1 aromatic heterocycles. The van der Waals surface area contributed by atoms with Gasteiger partial charge in [0.2, 0.25) is 10.0 Å². The molecule has 0 aromatic carbocycles. The second-order valence-corrected chi connectivity index (χ2v) is 7.47. The third kappa shape index (κ3) is 3.47. The van der Waals surface area contributed by atoms with Gasteiger partial charge in [-0.05, 0) is 25.3 Å². The number of carbonyl (C=O) groups is 1. The summed E-state index contributed by atoms with van der Waals surface area (Å²) >= 11 is 0. The number of sulfonamides is 1. The molecular weight excluding hydrogens is 290 g/mol. The zero-order valence-corrected chi connectivity index (χ0v) is 13.4. The summed E-state index contributed by atoms with van der Waals surface area (Å²) in [6, 6.07) is 1.44. The van der Waals surface area contributed by atoms with Crippen molar-refractivity contribution in [3.05, 3.63) is 18.0 Å². The molecule has 1 aliphatic rings. The van der Waals surface area contributed by atoms with Gasteiger partial charge in [0.15, 0.2) is 0 Å². The smallest absolute Gasteiger partial charge is 0.270 e. The van der Waals surface area contributed by atoms with Gasteiger partial charge in [0.05, 0.1) is 0 Å². The van der Waals surface area contributed by atoms with E-state index in [0.717, 1.165) is 38.8 Å². The van der Waals surface area contributed by atoms with Crippen molar-refractivity contribution in [3.63, 3.8) is 0 Å². The van der Waals surface area contributed by atoms with E-state index in [1.54, 1.807) is 11.9 Å². The van der Waals surface area contributed by atoms with E-state index in [1.165, 1.54) is 16.6 Å². The molecule has 1 amide bonds. The fourth-order valence-corrected chi connectivity index (χ4v) is 3.62. The van der Waals surface area contributed by atoms with Crippen LogP contribution in [0.3, 0.4) is 0 Å². The molecule has 0 saturated carbocycles. The Bertz CT molecular complexity index is 588. The number of nitrogens with one attached hydrogen (secondary N) is 1. The molecule has 118 valence electrons. The molecule has 2 rings (SSSR count). The minimum Gasteiger partial charge on any atom is -0.356 e. The van der Waals surface area contributed by atoms with E-state index in [2.05, 4.69) is 4.98 Å². The zero-order valence-electron chi connectivity index (χ0n) is 12.6. The highest BCUT2D eigenvalue weighted by molar-refractivity contribution is 7.89. The molecule has 0 aliphatic carbocycles. The number of hydrogen-bond donors (Lipinski definition) is 1. The molecule has 1 aromatic rings. The molecule has 0 spiro atoms. The maximum Gasteiger partial charge on any atom is 0.270 e. The van der Waals surface area contributed by atoms with Gasteiger partial charge in [0.1, 0.15) is 10.6 Å². The van der Waals surface area contributed by atoms with Crippen LogP contribution in [0.1, 0.15) is 43.1 Å². The first-order chi connectivity index (χ1) is 9.96. The standard InChI is InChI=1S/C14H23N3O3S/c1-3-4-7-16(2)21(19,20)12-10-13(15-11-12)14(18)17-8-5-6-9-17/h10-11,15H,3-9H2,1-2H3. The summed E-state index contributed by atoms with van der Waals surface area (Å²) in [5, 5.41) is 0. The lowest BCUT2D eigenvalue weighted by Crippen LogP contribution is -2.28. The van der Waals surface area contributed by atoms with E-state index in [0.29, 0.717) is 12.2 Å². The number of aromatic amines is 1. The molecule has 1 saturated heterocycles. The summed E-state index contributed by atoms with van der Waals surface area (Å²) in [7, 11) is -1.95. The highest BCUT2D eigenvalue weighted by atomic mass is 32.2. The summed E-state index contributed by atoms with van der Waals surface area (Å²) in [6.45, 7) is 4.00. The lowest BCUT2D eigenvalue weighted by molar-refractivity contribution is 0.0787. The molecule has 0 atom stereocenters. The lowest BCUT2D eigenvalue weighted by Gasteiger charge is -2.15. The van der Waals surface area contributed by atoms with E-state index >= 15 is 0 Å². The van der Waals surface area contributed by atoms with Crippen LogP contribution in [0.15, 0.2) is 17.2 Å². The first-order valence-corrected chi connectivity index (χ1v) is 8.85. The van der Waals surface area contributed by atoms with Gasteiger partial charge >= 0.3 is 0 Å². The minimum absolute atomic E-state index is 0.120. The molecule has 21 heavy (non-hydrogen) atoms. The van der Waals surface area contributed by atoms with Crippen LogP contribution in [0.4, 0.5) is 0 Å². The highest BCUT2D eigenvalue weighted by Crippen LogP contribution is 2.18. The number of rotatable bonds is 6. The van der Waals surface area contributed by atoms with Crippen LogP contribution in [-0.4, -0.2) is 55.2 Å². The predicted molar refractivity (Wildman–Crippen MR) is 80.7 cm³/mol. The molecule has 0 bridgehead atoms. The van der Waals surface area contributed by atoms with E-state index in [1.807, 2.05) is 6.92 Å². The Balaban J connectivity index is 2.13. The third-order valence-corrected chi connectivity index (χ3v) is 5.65. The molecule has 1 N–H and O–H groups in total. The van der Waals surface area contributed by atoms with Crippen LogP contribution in [0, 0.1) is 0 Å². The monoisotopic (exact) mass is 313 g/mol. The van der Waals surface area contributed by atoms with Crippen molar-refractivity contribution in [2.45, 2.75) is 37.5 Å². The van der Waals surface area contributed by atoms with Crippen molar-refractivity contribution >= 4 is 15.9 Å². The summed E-state index contributed by atoms with van der Waals surface area (Å²) in [5.74, 6) is -0.120. The largest absolute Gasteiger partial charge is 0.356 e. The van der Waals surface area contributed by atoms with E-state index in [-0.39, 0.29) is 10.8 Å².